The molecule has 132 valence electrons. The van der Waals surface area contributed by atoms with Crippen molar-refractivity contribution in [2.45, 2.75) is 24.3 Å². The average Bonchev–Trinajstić information content (AvgIpc) is 2.84. The first kappa shape index (κ1) is 17.0. The predicted octanol–water partition coefficient (Wildman–Crippen LogP) is 2.60. The number of aromatic nitrogens is 2. The Kier molecular flexibility index (Phi) is 4.20. The second-order valence-corrected chi connectivity index (χ2v) is 7.37. The molecular weight excluding hydrogens is 347 g/mol. The van der Waals surface area contributed by atoms with Gasteiger partial charge in [0.25, 0.3) is 0 Å². The van der Waals surface area contributed by atoms with Gasteiger partial charge in [-0.1, -0.05) is 0 Å². The molecule has 24 heavy (non-hydrogen) atoms. The van der Waals surface area contributed by atoms with Crippen molar-refractivity contribution in [3.05, 3.63) is 23.9 Å². The molecule has 2 aromatic heterocycles. The topological polar surface area (TPSA) is 75.3 Å². The van der Waals surface area contributed by atoms with Crippen LogP contribution in [0, 0.1) is 0 Å². The second kappa shape index (κ2) is 5.92. The van der Waals surface area contributed by atoms with Crippen LogP contribution in [0.2, 0.25) is 0 Å². The molecule has 0 bridgehead atoms. The maximum absolute atomic E-state index is 12.7. The molecule has 2 aromatic rings. The van der Waals surface area contributed by atoms with Gasteiger partial charge in [0.2, 0.25) is 5.88 Å². The molecule has 1 aliphatic rings. The van der Waals surface area contributed by atoms with Gasteiger partial charge in [0.1, 0.15) is 0 Å². The molecule has 0 aliphatic carbocycles. The van der Waals surface area contributed by atoms with Crippen LogP contribution in [0.5, 0.6) is 5.88 Å². The van der Waals surface area contributed by atoms with Crippen LogP contribution in [0.3, 0.4) is 0 Å². The van der Waals surface area contributed by atoms with E-state index in [1.165, 1.54) is 6.20 Å². The lowest BCUT2D eigenvalue weighted by molar-refractivity contribution is -0.0501. The predicted molar refractivity (Wildman–Crippen MR) is 81.2 cm³/mol. The zero-order valence-corrected chi connectivity index (χ0v) is 13.6. The summed E-state index contributed by atoms with van der Waals surface area (Å²) in [5, 5.41) is 0. The van der Waals surface area contributed by atoms with Crippen molar-refractivity contribution in [3.8, 4) is 5.88 Å². The molecule has 3 heterocycles. The Morgan fingerprint density at radius 1 is 1.33 bits per heavy atom. The largest absolute Gasteiger partial charge is 0.534 e. The maximum atomic E-state index is 12.7. The van der Waals surface area contributed by atoms with Crippen LogP contribution >= 0.6 is 0 Å². The normalized spacial score (nSPS) is 18.2. The summed E-state index contributed by atoms with van der Waals surface area (Å²) < 4.78 is 65.1. The molecule has 0 saturated carbocycles. The van der Waals surface area contributed by atoms with Crippen LogP contribution < -0.4 is 4.18 Å². The van der Waals surface area contributed by atoms with E-state index in [-0.39, 0.29) is 5.92 Å². The Morgan fingerprint density at radius 2 is 2.00 bits per heavy atom. The number of piperidine rings is 1. The molecule has 0 amide bonds. The van der Waals surface area contributed by atoms with Gasteiger partial charge >= 0.3 is 15.6 Å². The number of halogens is 3. The second-order valence-electron chi connectivity index (χ2n) is 5.83. The van der Waals surface area contributed by atoms with Gasteiger partial charge in [0.05, 0.1) is 11.0 Å². The maximum Gasteiger partial charge on any atom is 0.534 e. The molecule has 3 rings (SSSR count). The molecule has 0 atom stereocenters. The number of nitrogens with zero attached hydrogens (tertiary/aromatic N) is 2. The molecule has 6 nitrogen and oxygen atoms in total. The molecule has 1 aliphatic heterocycles. The lowest BCUT2D eigenvalue weighted by atomic mass is 9.90. The van der Waals surface area contributed by atoms with E-state index in [9.17, 15) is 21.6 Å². The minimum Gasteiger partial charge on any atom is -0.357 e. The highest BCUT2D eigenvalue weighted by Crippen LogP contribution is 2.40. The number of likely N-dealkylation sites (tertiary alicyclic amines) is 1. The number of alkyl halides is 3. The Morgan fingerprint density at radius 3 is 2.62 bits per heavy atom. The fourth-order valence-corrected chi connectivity index (χ4v) is 3.36. The molecule has 10 heteroatoms. The number of hydrogen-bond donors (Lipinski definition) is 1. The number of nitrogens with one attached hydrogen (secondary N) is 1. The summed E-state index contributed by atoms with van der Waals surface area (Å²) in [7, 11) is -3.79. The van der Waals surface area contributed by atoms with Gasteiger partial charge in [-0.2, -0.15) is 21.6 Å². The van der Waals surface area contributed by atoms with Crippen molar-refractivity contribution in [2.75, 3.05) is 20.1 Å². The van der Waals surface area contributed by atoms with Crippen molar-refractivity contribution >= 4 is 21.2 Å². The standard InChI is InChI=1S/C14H16F3N3O3S/c1-20-7-4-9(5-8-20)11-12-10(3-2-6-18-12)19-13(11)23-24(21,22)14(15,16)17/h2-3,6,9,19H,4-5,7-8H2,1H3. The Labute approximate surface area is 136 Å². The highest BCUT2D eigenvalue weighted by Gasteiger charge is 2.49. The first-order chi connectivity index (χ1) is 11.2. The minimum atomic E-state index is -5.74. The Hall–Kier alpha value is -1.81. The van der Waals surface area contributed by atoms with Gasteiger partial charge in [-0.05, 0) is 51.0 Å². The summed E-state index contributed by atoms with van der Waals surface area (Å²) in [6.07, 6.45) is 2.88. The van der Waals surface area contributed by atoms with Crippen LogP contribution in [0.1, 0.15) is 24.3 Å². The van der Waals surface area contributed by atoms with Crippen LogP contribution in [-0.2, 0) is 10.1 Å². The Balaban J connectivity index is 2.06. The number of pyridine rings is 1. The van der Waals surface area contributed by atoms with E-state index in [2.05, 4.69) is 19.1 Å². The van der Waals surface area contributed by atoms with E-state index in [4.69, 9.17) is 0 Å². The van der Waals surface area contributed by atoms with Gasteiger partial charge in [0.15, 0.2) is 0 Å². The highest BCUT2D eigenvalue weighted by molar-refractivity contribution is 7.87. The van der Waals surface area contributed by atoms with Crippen LogP contribution in [0.4, 0.5) is 13.2 Å². The summed E-state index contributed by atoms with van der Waals surface area (Å²) in [5.41, 5.74) is -4.20. The number of rotatable bonds is 3. The SMILES string of the molecule is CN1CCC(c2c(OS(=O)(=O)C(F)(F)F)[nH]c3cccnc23)CC1. The molecule has 1 N–H and O–H groups in total. The third kappa shape index (κ3) is 3.07. The molecule has 0 unspecified atom stereocenters. The van der Waals surface area contributed by atoms with E-state index in [1.54, 1.807) is 12.1 Å². The van der Waals surface area contributed by atoms with Crippen LogP contribution in [0.25, 0.3) is 11.0 Å². The first-order valence-corrected chi connectivity index (χ1v) is 8.76. The summed E-state index contributed by atoms with van der Waals surface area (Å²) in [4.78, 5) is 8.91. The minimum absolute atomic E-state index is 0.122. The van der Waals surface area contributed by atoms with Crippen molar-refractivity contribution < 1.29 is 25.8 Å². The quantitative estimate of drug-likeness (QED) is 0.670. The fraction of sp³-hybridized carbons (Fsp3) is 0.500. The van der Waals surface area contributed by atoms with Gasteiger partial charge in [0, 0.05) is 11.8 Å². The lowest BCUT2D eigenvalue weighted by Crippen LogP contribution is -2.30. The van der Waals surface area contributed by atoms with Crippen molar-refractivity contribution in [1.82, 2.24) is 14.9 Å². The first-order valence-electron chi connectivity index (χ1n) is 7.35. The number of hydrogen-bond acceptors (Lipinski definition) is 5. The van der Waals surface area contributed by atoms with Gasteiger partial charge in [-0.15, -0.1) is 0 Å². The van der Waals surface area contributed by atoms with Crippen molar-refractivity contribution in [1.29, 1.82) is 0 Å². The van der Waals surface area contributed by atoms with Gasteiger partial charge in [-0.3, -0.25) is 4.98 Å². The molecule has 0 spiro atoms. The van der Waals surface area contributed by atoms with Gasteiger partial charge < -0.3 is 14.1 Å². The average molecular weight is 363 g/mol. The lowest BCUT2D eigenvalue weighted by Gasteiger charge is -2.29. The van der Waals surface area contributed by atoms with E-state index in [0.717, 1.165) is 13.1 Å². The van der Waals surface area contributed by atoms with Crippen molar-refractivity contribution in [3.63, 3.8) is 0 Å². The Bertz CT molecular complexity index is 840. The highest BCUT2D eigenvalue weighted by atomic mass is 32.2. The van der Waals surface area contributed by atoms with E-state index in [1.807, 2.05) is 7.05 Å². The smallest absolute Gasteiger partial charge is 0.357 e. The number of H-pyrrole nitrogens is 1. The van der Waals surface area contributed by atoms with E-state index in [0.29, 0.717) is 29.4 Å². The van der Waals surface area contributed by atoms with E-state index < -0.39 is 21.5 Å². The fourth-order valence-electron chi connectivity index (χ4n) is 2.92. The summed E-state index contributed by atoms with van der Waals surface area (Å²) >= 11 is 0. The summed E-state index contributed by atoms with van der Waals surface area (Å²) in [6.45, 7) is 1.52. The third-order valence-corrected chi connectivity index (χ3v) is 5.11. The van der Waals surface area contributed by atoms with E-state index >= 15 is 0 Å². The van der Waals surface area contributed by atoms with Crippen LogP contribution in [-0.4, -0.2) is 48.9 Å². The van der Waals surface area contributed by atoms with Crippen molar-refractivity contribution in [2.24, 2.45) is 0 Å². The summed E-state index contributed by atoms with van der Waals surface area (Å²) in [5.74, 6) is -0.515. The van der Waals surface area contributed by atoms with Crippen LogP contribution in [0.15, 0.2) is 18.3 Å². The third-order valence-electron chi connectivity index (χ3n) is 4.16. The number of aromatic amines is 1. The zero-order valence-electron chi connectivity index (χ0n) is 12.8. The summed E-state index contributed by atoms with van der Waals surface area (Å²) in [6, 6.07) is 3.23. The molecule has 1 fully saturated rings. The molecule has 1 saturated heterocycles. The monoisotopic (exact) mass is 363 g/mol. The molecule has 0 radical (unpaired) electrons. The number of fused-ring (bicyclic) bond motifs is 1. The van der Waals surface area contributed by atoms with Gasteiger partial charge in [-0.25, -0.2) is 0 Å². The molecular formula is C14H16F3N3O3S. The molecule has 0 aromatic carbocycles. The zero-order chi connectivity index (χ0) is 17.5.